The molecule has 0 aromatic rings. The summed E-state index contributed by atoms with van der Waals surface area (Å²) in [5, 5.41) is 0. The molecule has 0 aliphatic carbocycles. The maximum atomic E-state index is 9.79. The first-order chi connectivity index (χ1) is 4.06. The molecular weight excluding hydrogens is 134 g/mol. The van der Waals surface area contributed by atoms with Crippen molar-refractivity contribution < 1.29 is 4.79 Å². The smallest absolute Gasteiger partial charge is 0.191 e. The van der Waals surface area contributed by atoms with E-state index in [0.29, 0.717) is 0 Å². The molecule has 2 nitrogen and oxygen atoms in total. The molecule has 54 valence electrons. The second-order valence-corrected chi connectivity index (χ2v) is 3.81. The minimum Gasteiger partial charge on any atom is -0.290 e. The fraction of sp³-hybridized carbons (Fsp3) is 0.833. The third-order valence-electron chi connectivity index (χ3n) is 0.734. The predicted octanol–water partition coefficient (Wildman–Crippen LogP) is 1.46. The van der Waals surface area contributed by atoms with Crippen molar-refractivity contribution in [1.82, 2.24) is 4.72 Å². The molecule has 3 heteroatoms. The lowest BCUT2D eigenvalue weighted by molar-refractivity contribution is 0.416. The molecule has 0 saturated carbocycles. The molecule has 0 amide bonds. The molecule has 0 aliphatic heterocycles. The van der Waals surface area contributed by atoms with Crippen LogP contribution in [0.15, 0.2) is 0 Å². The number of carbonyl (C=O) groups is 1. The average Bonchev–Trinajstić information content (AvgIpc) is 1.63. The highest BCUT2D eigenvalue weighted by Gasteiger charge is 2.07. The van der Waals surface area contributed by atoms with E-state index < -0.39 is 0 Å². The molecule has 0 radical (unpaired) electrons. The van der Waals surface area contributed by atoms with Crippen LogP contribution < -0.4 is 4.72 Å². The SMILES string of the molecule is CC(C)(C)CNSC=O. The summed E-state index contributed by atoms with van der Waals surface area (Å²) in [5.41, 5.74) is 1.06. The summed E-state index contributed by atoms with van der Waals surface area (Å²) in [4.78, 5) is 9.79. The third-order valence-corrected chi connectivity index (χ3v) is 1.14. The van der Waals surface area contributed by atoms with Gasteiger partial charge in [-0.3, -0.25) is 9.52 Å². The van der Waals surface area contributed by atoms with Crippen LogP contribution in [0.25, 0.3) is 0 Å². The number of hydrogen-bond acceptors (Lipinski definition) is 3. The van der Waals surface area contributed by atoms with Crippen molar-refractivity contribution in [2.75, 3.05) is 6.54 Å². The van der Waals surface area contributed by atoms with Crippen LogP contribution >= 0.6 is 11.9 Å². The Balaban J connectivity index is 3.17. The molecule has 0 aliphatic rings. The largest absolute Gasteiger partial charge is 0.290 e. The Bertz CT molecular complexity index is 87.5. The predicted molar refractivity (Wildman–Crippen MR) is 41.8 cm³/mol. The highest BCUT2D eigenvalue weighted by molar-refractivity contribution is 8.10. The van der Waals surface area contributed by atoms with E-state index in [1.807, 2.05) is 0 Å². The molecule has 0 aromatic carbocycles. The van der Waals surface area contributed by atoms with Gasteiger partial charge >= 0.3 is 0 Å². The number of hydrogen-bond donors (Lipinski definition) is 1. The number of carbonyl (C=O) groups excluding carboxylic acids is 1. The quantitative estimate of drug-likeness (QED) is 0.372. The maximum absolute atomic E-state index is 9.79. The lowest BCUT2D eigenvalue weighted by Gasteiger charge is -2.16. The van der Waals surface area contributed by atoms with Gasteiger partial charge in [0.05, 0.1) is 0 Å². The lowest BCUT2D eigenvalue weighted by Crippen LogP contribution is -2.21. The molecule has 0 rings (SSSR count). The van der Waals surface area contributed by atoms with Gasteiger partial charge in [-0.2, -0.15) is 0 Å². The van der Waals surface area contributed by atoms with Gasteiger partial charge in [-0.15, -0.1) is 0 Å². The van der Waals surface area contributed by atoms with Crippen LogP contribution in [0, 0.1) is 5.41 Å². The normalized spacial score (nSPS) is 11.4. The molecule has 0 heterocycles. The average molecular weight is 147 g/mol. The van der Waals surface area contributed by atoms with Gasteiger partial charge in [0.2, 0.25) is 0 Å². The highest BCUT2D eigenvalue weighted by atomic mass is 32.2. The zero-order valence-electron chi connectivity index (χ0n) is 6.10. The Kier molecular flexibility index (Phi) is 3.89. The van der Waals surface area contributed by atoms with Crippen LogP contribution in [0.2, 0.25) is 0 Å². The van der Waals surface area contributed by atoms with Crippen LogP contribution in [0.4, 0.5) is 0 Å². The second kappa shape index (κ2) is 3.90. The fourth-order valence-electron chi connectivity index (χ4n) is 0.292. The molecule has 0 bridgehead atoms. The maximum Gasteiger partial charge on any atom is 0.191 e. The van der Waals surface area contributed by atoms with Crippen molar-refractivity contribution in [2.24, 2.45) is 5.41 Å². The van der Waals surface area contributed by atoms with Gasteiger partial charge in [-0.05, 0) is 17.4 Å². The summed E-state index contributed by atoms with van der Waals surface area (Å²) >= 11 is 1.10. The van der Waals surface area contributed by atoms with Gasteiger partial charge in [0.1, 0.15) is 0 Å². The van der Waals surface area contributed by atoms with Crippen molar-refractivity contribution in [3.05, 3.63) is 0 Å². The first kappa shape index (κ1) is 8.98. The van der Waals surface area contributed by atoms with Crippen molar-refractivity contribution >= 4 is 17.6 Å². The molecule has 0 unspecified atom stereocenters. The summed E-state index contributed by atoms with van der Waals surface area (Å²) in [6.45, 7) is 7.21. The van der Waals surface area contributed by atoms with Crippen LogP contribution in [0.3, 0.4) is 0 Å². The lowest BCUT2D eigenvalue weighted by atomic mass is 9.98. The van der Waals surface area contributed by atoms with Gasteiger partial charge in [0.15, 0.2) is 5.62 Å². The zero-order valence-corrected chi connectivity index (χ0v) is 6.92. The first-order valence-electron chi connectivity index (χ1n) is 2.88. The van der Waals surface area contributed by atoms with E-state index in [1.165, 1.54) is 0 Å². The molecule has 0 aromatic heterocycles. The van der Waals surface area contributed by atoms with E-state index in [9.17, 15) is 4.79 Å². The standard InChI is InChI=1S/C6H13NOS/c1-6(2,3)4-7-9-5-8/h5,7H,4H2,1-3H3. The minimum absolute atomic E-state index is 0.260. The second-order valence-electron chi connectivity index (χ2n) is 3.10. The Morgan fingerprint density at radius 1 is 1.56 bits per heavy atom. The van der Waals surface area contributed by atoms with E-state index in [4.69, 9.17) is 0 Å². The number of rotatable bonds is 3. The van der Waals surface area contributed by atoms with Gasteiger partial charge < -0.3 is 0 Å². The third kappa shape index (κ3) is 7.98. The van der Waals surface area contributed by atoms with Crippen molar-refractivity contribution in [2.45, 2.75) is 20.8 Å². The van der Waals surface area contributed by atoms with E-state index >= 15 is 0 Å². The molecule has 1 N–H and O–H groups in total. The van der Waals surface area contributed by atoms with E-state index in [-0.39, 0.29) is 5.41 Å². The molecule has 0 saturated heterocycles. The molecule has 0 fully saturated rings. The fourth-order valence-corrected chi connectivity index (χ4v) is 0.877. The summed E-state index contributed by atoms with van der Waals surface area (Å²) in [7, 11) is 0. The summed E-state index contributed by atoms with van der Waals surface area (Å²) < 4.78 is 2.92. The van der Waals surface area contributed by atoms with Crippen LogP contribution in [-0.4, -0.2) is 12.2 Å². The highest BCUT2D eigenvalue weighted by Crippen LogP contribution is 2.11. The first-order valence-corrected chi connectivity index (χ1v) is 3.76. The van der Waals surface area contributed by atoms with Crippen molar-refractivity contribution in [3.8, 4) is 0 Å². The summed E-state index contributed by atoms with van der Waals surface area (Å²) in [6.07, 6.45) is 0. The monoisotopic (exact) mass is 147 g/mol. The topological polar surface area (TPSA) is 29.1 Å². The summed E-state index contributed by atoms with van der Waals surface area (Å²) in [6, 6.07) is 0. The summed E-state index contributed by atoms with van der Waals surface area (Å²) in [5.74, 6) is 0. The van der Waals surface area contributed by atoms with Gasteiger partial charge in [0, 0.05) is 6.54 Å². The molecule has 0 spiro atoms. The Hall–Kier alpha value is -0.0200. The van der Waals surface area contributed by atoms with Gasteiger partial charge in [-0.1, -0.05) is 20.8 Å². The van der Waals surface area contributed by atoms with Crippen LogP contribution in [-0.2, 0) is 4.79 Å². The van der Waals surface area contributed by atoms with Gasteiger partial charge in [0.25, 0.3) is 0 Å². The minimum atomic E-state index is 0.260. The molecular formula is C6H13NOS. The van der Waals surface area contributed by atoms with Crippen molar-refractivity contribution in [3.63, 3.8) is 0 Å². The van der Waals surface area contributed by atoms with E-state index in [0.717, 1.165) is 24.1 Å². The Morgan fingerprint density at radius 3 is 2.44 bits per heavy atom. The van der Waals surface area contributed by atoms with Crippen LogP contribution in [0.1, 0.15) is 20.8 Å². The Labute approximate surface area is 60.5 Å². The van der Waals surface area contributed by atoms with Gasteiger partial charge in [-0.25, -0.2) is 0 Å². The molecule has 9 heavy (non-hydrogen) atoms. The van der Waals surface area contributed by atoms with E-state index in [1.54, 1.807) is 0 Å². The zero-order chi connectivity index (χ0) is 7.33. The Morgan fingerprint density at radius 2 is 2.11 bits per heavy atom. The van der Waals surface area contributed by atoms with Crippen molar-refractivity contribution in [1.29, 1.82) is 0 Å². The van der Waals surface area contributed by atoms with E-state index in [2.05, 4.69) is 25.5 Å². The van der Waals surface area contributed by atoms with Crippen LogP contribution in [0.5, 0.6) is 0 Å². The number of nitrogens with one attached hydrogen (secondary N) is 1. The molecule has 0 atom stereocenters.